The van der Waals surface area contributed by atoms with E-state index in [9.17, 15) is 23.2 Å². The molecule has 8 heteroatoms. The summed E-state index contributed by atoms with van der Waals surface area (Å²) in [7, 11) is 0. The highest BCUT2D eigenvalue weighted by atomic mass is 32.2. The lowest BCUT2D eigenvalue weighted by Crippen LogP contribution is -2.32. The van der Waals surface area contributed by atoms with Crippen molar-refractivity contribution in [3.05, 3.63) is 65.2 Å². The summed E-state index contributed by atoms with van der Waals surface area (Å²) < 4.78 is 26.3. The number of benzene rings is 2. The minimum Gasteiger partial charge on any atom is -0.323 e. The van der Waals surface area contributed by atoms with Gasteiger partial charge in [0.15, 0.2) is 0 Å². The number of carbonyl (C=O) groups is 3. The molecule has 0 saturated carbocycles. The van der Waals surface area contributed by atoms with Crippen LogP contribution >= 0.6 is 11.8 Å². The number of anilines is 1. The van der Waals surface area contributed by atoms with Crippen LogP contribution in [0.3, 0.4) is 0 Å². The molecule has 3 amide bonds. The third kappa shape index (κ3) is 3.75. The summed E-state index contributed by atoms with van der Waals surface area (Å²) in [5.74, 6) is -2.34. The zero-order valence-electron chi connectivity index (χ0n) is 13.5. The number of thioether (sulfide) groups is 1. The van der Waals surface area contributed by atoms with Crippen LogP contribution in [0.4, 0.5) is 14.5 Å². The molecule has 0 unspecified atom stereocenters. The van der Waals surface area contributed by atoms with Crippen LogP contribution in [0.15, 0.2) is 42.5 Å². The Morgan fingerprint density at radius 1 is 1.04 bits per heavy atom. The first kappa shape index (κ1) is 18.1. The van der Waals surface area contributed by atoms with Gasteiger partial charge >= 0.3 is 0 Å². The molecular formula is C18H14F2N2O3S. The molecule has 2 aromatic rings. The highest BCUT2D eigenvalue weighted by Gasteiger charge is 2.34. The summed E-state index contributed by atoms with van der Waals surface area (Å²) in [6.07, 6.45) is 0. The van der Waals surface area contributed by atoms with Crippen LogP contribution in [0.1, 0.15) is 20.7 Å². The summed E-state index contributed by atoms with van der Waals surface area (Å²) in [6.45, 7) is 0.176. The first-order valence-electron chi connectivity index (χ1n) is 7.75. The molecule has 26 heavy (non-hydrogen) atoms. The Kier molecular flexibility index (Phi) is 5.32. The van der Waals surface area contributed by atoms with Crippen LogP contribution in [0.25, 0.3) is 0 Å². The standard InChI is InChI=1S/C18H14F2N2O3S/c19-11-5-6-15(14(20)9-11)21-16(23)10-26-8-7-22-17(24)12-3-1-2-4-13(12)18(22)25/h1-6,9H,7-8,10H2,(H,21,23). The summed E-state index contributed by atoms with van der Waals surface area (Å²) in [5.41, 5.74) is 0.663. The van der Waals surface area contributed by atoms with E-state index < -0.39 is 17.5 Å². The summed E-state index contributed by atoms with van der Waals surface area (Å²) in [5, 5.41) is 2.35. The van der Waals surface area contributed by atoms with E-state index >= 15 is 0 Å². The lowest BCUT2D eigenvalue weighted by Gasteiger charge is -2.13. The average molecular weight is 376 g/mol. The second-order valence-corrected chi connectivity index (χ2v) is 6.64. The average Bonchev–Trinajstić information content (AvgIpc) is 2.86. The Hall–Kier alpha value is -2.74. The highest BCUT2D eigenvalue weighted by molar-refractivity contribution is 7.99. The summed E-state index contributed by atoms with van der Waals surface area (Å²) in [6, 6.07) is 9.48. The molecule has 0 aromatic heterocycles. The monoisotopic (exact) mass is 376 g/mol. The van der Waals surface area contributed by atoms with Gasteiger partial charge in [-0.2, -0.15) is 11.8 Å². The molecule has 0 fully saturated rings. The molecule has 0 bridgehead atoms. The molecule has 0 spiro atoms. The van der Waals surface area contributed by atoms with Gasteiger partial charge in [0.05, 0.1) is 22.6 Å². The molecular weight excluding hydrogens is 362 g/mol. The van der Waals surface area contributed by atoms with Crippen LogP contribution in [0.5, 0.6) is 0 Å². The lowest BCUT2D eigenvalue weighted by atomic mass is 10.1. The lowest BCUT2D eigenvalue weighted by molar-refractivity contribution is -0.113. The third-order valence-electron chi connectivity index (χ3n) is 3.78. The van der Waals surface area contributed by atoms with Gasteiger partial charge in [-0.05, 0) is 24.3 Å². The fourth-order valence-electron chi connectivity index (χ4n) is 2.54. The van der Waals surface area contributed by atoms with Crippen LogP contribution in [0, 0.1) is 11.6 Å². The number of carbonyl (C=O) groups excluding carboxylic acids is 3. The molecule has 1 N–H and O–H groups in total. The van der Waals surface area contributed by atoms with Gasteiger partial charge < -0.3 is 5.32 Å². The van der Waals surface area contributed by atoms with Crippen LogP contribution in [0.2, 0.25) is 0 Å². The maximum Gasteiger partial charge on any atom is 0.261 e. The van der Waals surface area contributed by atoms with E-state index in [-0.39, 0.29) is 29.8 Å². The van der Waals surface area contributed by atoms with Gasteiger partial charge in [0, 0.05) is 18.4 Å². The first-order valence-corrected chi connectivity index (χ1v) is 8.90. The number of halogens is 2. The summed E-state index contributed by atoms with van der Waals surface area (Å²) in [4.78, 5) is 37.3. The molecule has 1 aliphatic heterocycles. The maximum atomic E-state index is 13.5. The number of amides is 3. The Morgan fingerprint density at radius 3 is 2.31 bits per heavy atom. The van der Waals surface area contributed by atoms with Crippen molar-refractivity contribution in [1.29, 1.82) is 0 Å². The molecule has 0 radical (unpaired) electrons. The number of nitrogens with zero attached hydrogens (tertiary/aromatic N) is 1. The van der Waals surface area contributed by atoms with Gasteiger partial charge in [-0.3, -0.25) is 19.3 Å². The van der Waals surface area contributed by atoms with Crippen molar-refractivity contribution >= 4 is 35.2 Å². The second-order valence-electron chi connectivity index (χ2n) is 5.53. The smallest absolute Gasteiger partial charge is 0.261 e. The van der Waals surface area contributed by atoms with Crippen molar-refractivity contribution < 1.29 is 23.2 Å². The van der Waals surface area contributed by atoms with Crippen molar-refractivity contribution in [2.45, 2.75) is 0 Å². The number of hydrogen-bond acceptors (Lipinski definition) is 4. The van der Waals surface area contributed by atoms with Gasteiger partial charge in [0.1, 0.15) is 11.6 Å². The molecule has 2 aromatic carbocycles. The van der Waals surface area contributed by atoms with Crippen molar-refractivity contribution in [3.8, 4) is 0 Å². The third-order valence-corrected chi connectivity index (χ3v) is 4.71. The molecule has 0 atom stereocenters. The molecule has 1 heterocycles. The number of imide groups is 1. The normalized spacial score (nSPS) is 13.1. The van der Waals surface area contributed by atoms with Gasteiger partial charge in [-0.15, -0.1) is 0 Å². The van der Waals surface area contributed by atoms with E-state index in [1.165, 1.54) is 11.8 Å². The zero-order chi connectivity index (χ0) is 18.7. The Balaban J connectivity index is 1.47. The Labute approximate surface area is 152 Å². The predicted octanol–water partition coefficient (Wildman–Crippen LogP) is 2.93. The minimum atomic E-state index is -0.852. The Morgan fingerprint density at radius 2 is 1.69 bits per heavy atom. The minimum absolute atomic E-state index is 0.0139. The van der Waals surface area contributed by atoms with Gasteiger partial charge in [0.2, 0.25) is 5.91 Å². The van der Waals surface area contributed by atoms with Crippen molar-refractivity contribution in [3.63, 3.8) is 0 Å². The molecule has 134 valence electrons. The Bertz CT molecular complexity index is 853. The van der Waals surface area contributed by atoms with Crippen molar-refractivity contribution in [1.82, 2.24) is 4.90 Å². The van der Waals surface area contributed by atoms with Crippen LogP contribution < -0.4 is 5.32 Å². The number of rotatable bonds is 6. The molecule has 5 nitrogen and oxygen atoms in total. The van der Waals surface area contributed by atoms with Crippen LogP contribution in [-0.4, -0.2) is 40.7 Å². The zero-order valence-corrected chi connectivity index (χ0v) is 14.3. The molecule has 0 aliphatic carbocycles. The summed E-state index contributed by atoms with van der Waals surface area (Å²) >= 11 is 1.20. The van der Waals surface area contributed by atoms with Gasteiger partial charge in [-0.1, -0.05) is 12.1 Å². The largest absolute Gasteiger partial charge is 0.323 e. The van der Waals surface area contributed by atoms with Gasteiger partial charge in [0.25, 0.3) is 11.8 Å². The molecule has 3 rings (SSSR count). The fourth-order valence-corrected chi connectivity index (χ4v) is 3.25. The fraction of sp³-hybridized carbons (Fsp3) is 0.167. The van der Waals surface area contributed by atoms with Gasteiger partial charge in [-0.25, -0.2) is 8.78 Å². The van der Waals surface area contributed by atoms with Crippen LogP contribution in [-0.2, 0) is 4.79 Å². The number of hydrogen-bond donors (Lipinski definition) is 1. The highest BCUT2D eigenvalue weighted by Crippen LogP contribution is 2.22. The number of fused-ring (bicyclic) bond motifs is 1. The first-order chi connectivity index (χ1) is 12.5. The number of nitrogens with one attached hydrogen (secondary N) is 1. The van der Waals surface area contributed by atoms with E-state index in [1.807, 2.05) is 0 Å². The molecule has 0 saturated heterocycles. The molecule has 1 aliphatic rings. The van der Waals surface area contributed by atoms with E-state index in [0.29, 0.717) is 22.9 Å². The van der Waals surface area contributed by atoms with Crippen molar-refractivity contribution in [2.24, 2.45) is 0 Å². The second kappa shape index (κ2) is 7.65. The van der Waals surface area contributed by atoms with Crippen molar-refractivity contribution in [2.75, 3.05) is 23.4 Å². The van der Waals surface area contributed by atoms with E-state index in [1.54, 1.807) is 24.3 Å². The topological polar surface area (TPSA) is 66.5 Å². The van der Waals surface area contributed by atoms with E-state index in [2.05, 4.69) is 5.32 Å². The quantitative estimate of drug-likeness (QED) is 0.622. The predicted molar refractivity (Wildman–Crippen MR) is 94.1 cm³/mol. The maximum absolute atomic E-state index is 13.5. The van der Waals surface area contributed by atoms with E-state index in [4.69, 9.17) is 0 Å². The van der Waals surface area contributed by atoms with E-state index in [0.717, 1.165) is 17.0 Å². The SMILES string of the molecule is O=C(CSCCN1C(=O)c2ccccc2C1=O)Nc1ccc(F)cc1F.